The fourth-order valence-electron chi connectivity index (χ4n) is 2.89. The summed E-state index contributed by atoms with van der Waals surface area (Å²) >= 11 is 3.46. The van der Waals surface area contributed by atoms with Gasteiger partial charge in [-0.05, 0) is 52.2 Å². The number of hydrogen-bond acceptors (Lipinski definition) is 3. The molecule has 1 heterocycles. The molecule has 2 rings (SSSR count). The number of hydrogen-bond donors (Lipinski definition) is 2. The maximum absolute atomic E-state index is 5.74. The Hall–Kier alpha value is -0.450. The fraction of sp³-hybridized carbons (Fsp3) is 0.615. The van der Waals surface area contributed by atoms with Crippen LogP contribution in [-0.4, -0.2) is 4.98 Å². The SMILES string of the molecule is CC1CCCC(C(NN)c2cncc(Br)c2)C1. The van der Waals surface area contributed by atoms with Gasteiger partial charge in [-0.3, -0.25) is 16.3 Å². The number of nitrogens with one attached hydrogen (secondary N) is 1. The van der Waals surface area contributed by atoms with E-state index in [9.17, 15) is 0 Å². The minimum atomic E-state index is 0.225. The quantitative estimate of drug-likeness (QED) is 0.665. The van der Waals surface area contributed by atoms with Gasteiger partial charge in [0.15, 0.2) is 0 Å². The number of aromatic nitrogens is 1. The first-order valence-corrected chi connectivity index (χ1v) is 7.06. The van der Waals surface area contributed by atoms with E-state index in [1.807, 2.05) is 6.20 Å². The third kappa shape index (κ3) is 3.27. The number of pyridine rings is 1. The van der Waals surface area contributed by atoms with Crippen LogP contribution in [0.3, 0.4) is 0 Å². The number of halogens is 1. The van der Waals surface area contributed by atoms with E-state index in [1.165, 1.54) is 31.2 Å². The largest absolute Gasteiger partial charge is 0.271 e. The zero-order valence-electron chi connectivity index (χ0n) is 10.2. The molecule has 1 saturated carbocycles. The van der Waals surface area contributed by atoms with Crippen LogP contribution >= 0.6 is 15.9 Å². The molecule has 0 spiro atoms. The van der Waals surface area contributed by atoms with Gasteiger partial charge in [0, 0.05) is 16.9 Å². The lowest BCUT2D eigenvalue weighted by molar-refractivity contribution is 0.224. The molecule has 3 N–H and O–H groups in total. The van der Waals surface area contributed by atoms with Gasteiger partial charge >= 0.3 is 0 Å². The molecule has 1 fully saturated rings. The smallest absolute Gasteiger partial charge is 0.0503 e. The van der Waals surface area contributed by atoms with E-state index in [-0.39, 0.29) is 6.04 Å². The van der Waals surface area contributed by atoms with Crippen molar-refractivity contribution >= 4 is 15.9 Å². The molecular formula is C13H20BrN3. The van der Waals surface area contributed by atoms with Gasteiger partial charge in [-0.2, -0.15) is 0 Å². The van der Waals surface area contributed by atoms with E-state index < -0.39 is 0 Å². The first-order chi connectivity index (χ1) is 8.20. The first kappa shape index (κ1) is 13.0. The Kier molecular flexibility index (Phi) is 4.54. The number of rotatable bonds is 3. The molecule has 4 heteroatoms. The molecule has 0 aromatic carbocycles. The maximum atomic E-state index is 5.74. The summed E-state index contributed by atoms with van der Waals surface area (Å²) in [4.78, 5) is 4.22. The molecule has 3 unspecified atom stereocenters. The zero-order valence-corrected chi connectivity index (χ0v) is 11.8. The summed E-state index contributed by atoms with van der Waals surface area (Å²) in [5.74, 6) is 7.17. The summed E-state index contributed by atoms with van der Waals surface area (Å²) < 4.78 is 1.01. The van der Waals surface area contributed by atoms with Crippen LogP contribution in [0.4, 0.5) is 0 Å². The molecule has 0 aliphatic heterocycles. The van der Waals surface area contributed by atoms with Crippen LogP contribution < -0.4 is 11.3 Å². The van der Waals surface area contributed by atoms with Gasteiger partial charge < -0.3 is 0 Å². The molecule has 0 saturated heterocycles. The Morgan fingerprint density at radius 1 is 1.47 bits per heavy atom. The van der Waals surface area contributed by atoms with Crippen molar-refractivity contribution in [2.75, 3.05) is 0 Å². The minimum Gasteiger partial charge on any atom is -0.271 e. The van der Waals surface area contributed by atoms with E-state index in [1.54, 1.807) is 6.20 Å². The van der Waals surface area contributed by atoms with E-state index >= 15 is 0 Å². The van der Waals surface area contributed by atoms with Crippen LogP contribution in [0.2, 0.25) is 0 Å². The van der Waals surface area contributed by atoms with Crippen molar-refractivity contribution in [3.63, 3.8) is 0 Å². The van der Waals surface area contributed by atoms with Gasteiger partial charge in [-0.25, -0.2) is 0 Å². The summed E-state index contributed by atoms with van der Waals surface area (Å²) in [7, 11) is 0. The van der Waals surface area contributed by atoms with E-state index in [2.05, 4.69) is 39.3 Å². The van der Waals surface area contributed by atoms with Crippen molar-refractivity contribution in [2.45, 2.75) is 38.6 Å². The highest BCUT2D eigenvalue weighted by Gasteiger charge is 2.27. The third-order valence-corrected chi connectivity index (χ3v) is 4.15. The van der Waals surface area contributed by atoms with Crippen LogP contribution in [0.1, 0.15) is 44.2 Å². The van der Waals surface area contributed by atoms with Crippen molar-refractivity contribution in [3.8, 4) is 0 Å². The number of nitrogens with zero attached hydrogens (tertiary/aromatic N) is 1. The predicted molar refractivity (Wildman–Crippen MR) is 73.1 cm³/mol. The first-order valence-electron chi connectivity index (χ1n) is 6.27. The second-order valence-corrected chi connectivity index (χ2v) is 6.03. The van der Waals surface area contributed by atoms with E-state index in [4.69, 9.17) is 5.84 Å². The summed E-state index contributed by atoms with van der Waals surface area (Å²) in [5, 5.41) is 0. The second-order valence-electron chi connectivity index (χ2n) is 5.11. The average Bonchev–Trinajstić information content (AvgIpc) is 2.30. The molecular weight excluding hydrogens is 278 g/mol. The minimum absolute atomic E-state index is 0.225. The van der Waals surface area contributed by atoms with Crippen molar-refractivity contribution in [1.29, 1.82) is 0 Å². The molecule has 1 aliphatic carbocycles. The predicted octanol–water partition coefficient (Wildman–Crippen LogP) is 3.17. The van der Waals surface area contributed by atoms with Crippen molar-refractivity contribution in [3.05, 3.63) is 28.5 Å². The number of nitrogens with two attached hydrogens (primary N) is 1. The summed E-state index contributed by atoms with van der Waals surface area (Å²) in [6, 6.07) is 2.33. The van der Waals surface area contributed by atoms with Crippen molar-refractivity contribution in [1.82, 2.24) is 10.4 Å². The zero-order chi connectivity index (χ0) is 12.3. The Balaban J connectivity index is 2.15. The van der Waals surface area contributed by atoms with E-state index in [0.717, 1.165) is 10.4 Å². The van der Waals surface area contributed by atoms with Crippen LogP contribution in [0, 0.1) is 11.8 Å². The van der Waals surface area contributed by atoms with Crippen molar-refractivity contribution < 1.29 is 0 Å². The van der Waals surface area contributed by atoms with Crippen molar-refractivity contribution in [2.24, 2.45) is 17.7 Å². The molecule has 94 valence electrons. The monoisotopic (exact) mass is 297 g/mol. The summed E-state index contributed by atoms with van der Waals surface area (Å²) in [5.41, 5.74) is 4.16. The van der Waals surface area contributed by atoms with Gasteiger partial charge in [0.2, 0.25) is 0 Å². The molecule has 0 radical (unpaired) electrons. The Morgan fingerprint density at radius 3 is 2.94 bits per heavy atom. The normalized spacial score (nSPS) is 26.8. The standard InChI is InChI=1S/C13H20BrN3/c1-9-3-2-4-10(5-9)13(17-15)11-6-12(14)8-16-7-11/h6-10,13,17H,2-5,15H2,1H3. The molecule has 1 aliphatic rings. The molecule has 0 amide bonds. The van der Waals surface area contributed by atoms with Crippen LogP contribution in [0.25, 0.3) is 0 Å². The lowest BCUT2D eigenvalue weighted by Gasteiger charge is -2.33. The fourth-order valence-corrected chi connectivity index (χ4v) is 3.27. The van der Waals surface area contributed by atoms with Gasteiger partial charge in [-0.15, -0.1) is 0 Å². The second kappa shape index (κ2) is 5.94. The Labute approximate surface area is 111 Å². The topological polar surface area (TPSA) is 50.9 Å². The van der Waals surface area contributed by atoms with Gasteiger partial charge in [-0.1, -0.05) is 19.8 Å². The molecule has 3 nitrogen and oxygen atoms in total. The Bertz CT molecular complexity index is 369. The summed E-state index contributed by atoms with van der Waals surface area (Å²) in [6.45, 7) is 2.33. The molecule has 1 aromatic rings. The van der Waals surface area contributed by atoms with Crippen LogP contribution in [-0.2, 0) is 0 Å². The average molecular weight is 298 g/mol. The van der Waals surface area contributed by atoms with E-state index in [0.29, 0.717) is 5.92 Å². The molecule has 1 aromatic heterocycles. The van der Waals surface area contributed by atoms with Gasteiger partial charge in [0.25, 0.3) is 0 Å². The lowest BCUT2D eigenvalue weighted by atomic mass is 9.77. The third-order valence-electron chi connectivity index (χ3n) is 3.71. The van der Waals surface area contributed by atoms with Gasteiger partial charge in [0.05, 0.1) is 6.04 Å². The Morgan fingerprint density at radius 2 is 2.29 bits per heavy atom. The molecule has 0 bridgehead atoms. The highest BCUT2D eigenvalue weighted by molar-refractivity contribution is 9.10. The van der Waals surface area contributed by atoms with Crippen LogP contribution in [0.15, 0.2) is 22.9 Å². The maximum Gasteiger partial charge on any atom is 0.0503 e. The highest BCUT2D eigenvalue weighted by atomic mass is 79.9. The highest BCUT2D eigenvalue weighted by Crippen LogP contribution is 2.36. The van der Waals surface area contributed by atoms with Crippen LogP contribution in [0.5, 0.6) is 0 Å². The molecule has 17 heavy (non-hydrogen) atoms. The summed E-state index contributed by atoms with van der Waals surface area (Å²) in [6.07, 6.45) is 8.89. The molecule has 3 atom stereocenters. The number of hydrazine groups is 1. The lowest BCUT2D eigenvalue weighted by Crippen LogP contribution is -2.35. The van der Waals surface area contributed by atoms with Gasteiger partial charge in [0.1, 0.15) is 0 Å².